The second kappa shape index (κ2) is 6.52. The summed E-state index contributed by atoms with van der Waals surface area (Å²) in [6, 6.07) is 12.3. The number of benzene rings is 1. The van der Waals surface area contributed by atoms with Crippen LogP contribution in [-0.2, 0) is 0 Å². The van der Waals surface area contributed by atoms with E-state index in [-0.39, 0.29) is 0 Å². The van der Waals surface area contributed by atoms with Crippen molar-refractivity contribution in [1.82, 2.24) is 0 Å². The Hall–Kier alpha value is -1.92. The molecule has 2 heteroatoms. The summed E-state index contributed by atoms with van der Waals surface area (Å²) in [6.07, 6.45) is 5.75. The third-order valence-corrected chi connectivity index (χ3v) is 1.75. The molecule has 0 saturated heterocycles. The average molecular weight is 198 g/mol. The SMILES string of the molecule is C/C=C\C(=C/C)N=C=Nc1ccccc1. The third kappa shape index (κ3) is 4.21. The maximum atomic E-state index is 4.08. The Bertz CT molecular complexity index is 407. The Balaban J connectivity index is 2.77. The van der Waals surface area contributed by atoms with Gasteiger partial charge in [0, 0.05) is 0 Å². The smallest absolute Gasteiger partial charge is 0.100 e. The standard InChI is InChI=1S/C13H14N2/c1-3-8-12(4-2)14-11-15-13-9-6-5-7-10-13/h3-10H,1-2H3/b8-3-,12-4+. The molecule has 1 aromatic carbocycles. The predicted molar refractivity (Wildman–Crippen MR) is 64.5 cm³/mol. The molecular formula is C13H14N2. The molecule has 0 fully saturated rings. The van der Waals surface area contributed by atoms with Crippen LogP contribution < -0.4 is 0 Å². The van der Waals surface area contributed by atoms with Crippen LogP contribution in [0.1, 0.15) is 13.8 Å². The fraction of sp³-hybridized carbons (Fsp3) is 0.154. The van der Waals surface area contributed by atoms with Crippen molar-refractivity contribution in [2.75, 3.05) is 0 Å². The molecule has 0 saturated carbocycles. The summed E-state index contributed by atoms with van der Waals surface area (Å²) < 4.78 is 0. The molecule has 0 unspecified atom stereocenters. The van der Waals surface area contributed by atoms with E-state index in [4.69, 9.17) is 0 Å². The minimum Gasteiger partial charge on any atom is -0.188 e. The van der Waals surface area contributed by atoms with Crippen molar-refractivity contribution >= 4 is 11.7 Å². The molecule has 0 aromatic heterocycles. The summed E-state index contributed by atoms with van der Waals surface area (Å²) in [5.74, 6) is 0. The van der Waals surface area contributed by atoms with E-state index >= 15 is 0 Å². The van der Waals surface area contributed by atoms with Crippen LogP contribution in [0.15, 0.2) is 64.2 Å². The minimum atomic E-state index is 0.859. The van der Waals surface area contributed by atoms with Crippen molar-refractivity contribution in [2.24, 2.45) is 9.98 Å². The van der Waals surface area contributed by atoms with Gasteiger partial charge in [-0.2, -0.15) is 9.98 Å². The predicted octanol–water partition coefficient (Wildman–Crippen LogP) is 3.97. The lowest BCUT2D eigenvalue weighted by Crippen LogP contribution is -1.69. The highest BCUT2D eigenvalue weighted by Gasteiger charge is 1.83. The molecule has 1 rings (SSSR count). The van der Waals surface area contributed by atoms with E-state index in [2.05, 4.69) is 16.0 Å². The number of rotatable bonds is 3. The number of nitrogens with zero attached hydrogens (tertiary/aromatic N) is 2. The van der Waals surface area contributed by atoms with Crippen LogP contribution >= 0.6 is 0 Å². The molecule has 0 N–H and O–H groups in total. The Morgan fingerprint density at radius 2 is 1.93 bits per heavy atom. The molecular weight excluding hydrogens is 184 g/mol. The zero-order valence-electron chi connectivity index (χ0n) is 9.01. The van der Waals surface area contributed by atoms with Crippen molar-refractivity contribution < 1.29 is 0 Å². The van der Waals surface area contributed by atoms with Crippen LogP contribution in [-0.4, -0.2) is 6.01 Å². The summed E-state index contributed by atoms with van der Waals surface area (Å²) >= 11 is 0. The summed E-state index contributed by atoms with van der Waals surface area (Å²) in [7, 11) is 0. The van der Waals surface area contributed by atoms with E-state index in [1.54, 1.807) is 0 Å². The summed E-state index contributed by atoms with van der Waals surface area (Å²) in [4.78, 5) is 8.17. The molecule has 0 radical (unpaired) electrons. The zero-order valence-corrected chi connectivity index (χ0v) is 9.01. The van der Waals surface area contributed by atoms with Crippen LogP contribution in [0.2, 0.25) is 0 Å². The summed E-state index contributed by atoms with van der Waals surface area (Å²) in [5.41, 5.74) is 1.72. The fourth-order valence-electron chi connectivity index (χ4n) is 1.01. The molecule has 0 aliphatic carbocycles. The molecule has 0 aliphatic rings. The van der Waals surface area contributed by atoms with Gasteiger partial charge in [-0.1, -0.05) is 30.4 Å². The molecule has 0 spiro atoms. The lowest BCUT2D eigenvalue weighted by Gasteiger charge is -1.87. The third-order valence-electron chi connectivity index (χ3n) is 1.75. The van der Waals surface area contributed by atoms with Crippen molar-refractivity contribution in [3.8, 4) is 0 Å². The highest BCUT2D eigenvalue weighted by atomic mass is 14.8. The van der Waals surface area contributed by atoms with Gasteiger partial charge >= 0.3 is 0 Å². The van der Waals surface area contributed by atoms with E-state index in [0.717, 1.165) is 11.4 Å². The first kappa shape index (κ1) is 11.2. The lowest BCUT2D eigenvalue weighted by atomic mass is 10.3. The maximum absolute atomic E-state index is 4.08. The first-order valence-electron chi connectivity index (χ1n) is 4.87. The van der Waals surface area contributed by atoms with E-state index in [0.29, 0.717) is 0 Å². The molecule has 0 bridgehead atoms. The van der Waals surface area contributed by atoms with E-state index in [1.807, 2.05) is 62.4 Å². The first-order valence-corrected chi connectivity index (χ1v) is 4.87. The Labute approximate surface area is 90.4 Å². The highest BCUT2D eigenvalue weighted by Crippen LogP contribution is 2.08. The van der Waals surface area contributed by atoms with Gasteiger partial charge in [0.15, 0.2) is 0 Å². The van der Waals surface area contributed by atoms with Gasteiger partial charge in [-0.15, -0.1) is 0 Å². The largest absolute Gasteiger partial charge is 0.188 e. The van der Waals surface area contributed by atoms with E-state index < -0.39 is 0 Å². The Morgan fingerprint density at radius 1 is 1.20 bits per heavy atom. The van der Waals surface area contributed by atoms with E-state index in [9.17, 15) is 0 Å². The van der Waals surface area contributed by atoms with Crippen LogP contribution in [0.25, 0.3) is 0 Å². The highest BCUT2D eigenvalue weighted by molar-refractivity contribution is 5.54. The number of hydrogen-bond donors (Lipinski definition) is 0. The molecule has 1 aromatic rings. The molecule has 2 nitrogen and oxygen atoms in total. The van der Waals surface area contributed by atoms with Crippen molar-refractivity contribution in [2.45, 2.75) is 13.8 Å². The molecule has 0 aliphatic heterocycles. The Kier molecular flexibility index (Phi) is 4.85. The van der Waals surface area contributed by atoms with Crippen LogP contribution in [0.4, 0.5) is 5.69 Å². The van der Waals surface area contributed by atoms with E-state index in [1.165, 1.54) is 0 Å². The molecule has 0 amide bonds. The van der Waals surface area contributed by atoms with Gasteiger partial charge in [-0.3, -0.25) is 0 Å². The van der Waals surface area contributed by atoms with Gasteiger partial charge < -0.3 is 0 Å². The minimum absolute atomic E-state index is 0.859. The molecule has 0 heterocycles. The number of allylic oxidation sites excluding steroid dienone is 3. The summed E-state index contributed by atoms with van der Waals surface area (Å²) in [6.45, 7) is 3.89. The number of hydrogen-bond acceptors (Lipinski definition) is 2. The zero-order chi connectivity index (χ0) is 10.9. The average Bonchev–Trinajstić information content (AvgIpc) is 2.29. The Morgan fingerprint density at radius 3 is 2.53 bits per heavy atom. The lowest BCUT2D eigenvalue weighted by molar-refractivity contribution is 1.38. The van der Waals surface area contributed by atoms with Crippen LogP contribution in [0.5, 0.6) is 0 Å². The van der Waals surface area contributed by atoms with Gasteiger partial charge in [0.2, 0.25) is 0 Å². The maximum Gasteiger partial charge on any atom is 0.100 e. The normalized spacial score (nSPS) is 11.2. The quantitative estimate of drug-likeness (QED) is 0.518. The van der Waals surface area contributed by atoms with Crippen molar-refractivity contribution in [3.63, 3.8) is 0 Å². The first-order chi connectivity index (χ1) is 7.36. The second-order valence-corrected chi connectivity index (χ2v) is 2.87. The fourth-order valence-corrected chi connectivity index (χ4v) is 1.01. The van der Waals surface area contributed by atoms with Crippen LogP contribution in [0, 0.1) is 0 Å². The van der Waals surface area contributed by atoms with Crippen molar-refractivity contribution in [3.05, 3.63) is 54.3 Å². The summed E-state index contributed by atoms with van der Waals surface area (Å²) in [5, 5.41) is 0. The second-order valence-electron chi connectivity index (χ2n) is 2.87. The molecule has 76 valence electrons. The number of aliphatic imine (C=N–C) groups is 2. The van der Waals surface area contributed by atoms with Gasteiger partial charge in [-0.25, -0.2) is 0 Å². The van der Waals surface area contributed by atoms with Gasteiger partial charge in [0.05, 0.1) is 11.4 Å². The van der Waals surface area contributed by atoms with Gasteiger partial charge in [0.25, 0.3) is 0 Å². The van der Waals surface area contributed by atoms with Crippen LogP contribution in [0.3, 0.4) is 0 Å². The topological polar surface area (TPSA) is 24.7 Å². The monoisotopic (exact) mass is 198 g/mol. The molecule has 0 atom stereocenters. The van der Waals surface area contributed by atoms with Gasteiger partial charge in [-0.05, 0) is 32.1 Å². The van der Waals surface area contributed by atoms with Crippen molar-refractivity contribution in [1.29, 1.82) is 0 Å². The molecule has 15 heavy (non-hydrogen) atoms. The number of para-hydroxylation sites is 1. The van der Waals surface area contributed by atoms with Gasteiger partial charge in [0.1, 0.15) is 6.01 Å².